The van der Waals surface area contributed by atoms with Gasteiger partial charge in [-0.2, -0.15) is 13.2 Å². The Labute approximate surface area is 192 Å². The summed E-state index contributed by atoms with van der Waals surface area (Å²) in [4.78, 5) is 36.3. The molecule has 0 aliphatic carbocycles. The molecule has 3 amide bonds. The third-order valence-electron chi connectivity index (χ3n) is 4.64. The zero-order valence-corrected chi connectivity index (χ0v) is 17.6. The Bertz CT molecular complexity index is 1180. The van der Waals surface area contributed by atoms with Crippen LogP contribution in [0.25, 0.3) is 0 Å². The molecule has 0 atom stereocenters. The summed E-state index contributed by atoms with van der Waals surface area (Å²) in [5.74, 6) is -2.43. The van der Waals surface area contributed by atoms with Crippen molar-refractivity contribution in [1.29, 1.82) is 0 Å². The summed E-state index contributed by atoms with van der Waals surface area (Å²) in [6, 6.07) is 15.7. The van der Waals surface area contributed by atoms with E-state index in [-0.39, 0.29) is 24.2 Å². The lowest BCUT2D eigenvalue weighted by molar-refractivity contribution is -0.136. The van der Waals surface area contributed by atoms with E-state index >= 15 is 0 Å². The van der Waals surface area contributed by atoms with Gasteiger partial charge in [0.15, 0.2) is 0 Å². The van der Waals surface area contributed by atoms with Crippen LogP contribution in [0.5, 0.6) is 0 Å². The van der Waals surface area contributed by atoms with Gasteiger partial charge in [-0.3, -0.25) is 14.4 Å². The highest BCUT2D eigenvalue weighted by molar-refractivity contribution is 6.04. The largest absolute Gasteiger partial charge is 0.418 e. The van der Waals surface area contributed by atoms with E-state index in [4.69, 9.17) is 0 Å². The smallest absolute Gasteiger partial charge is 0.352 e. The molecule has 0 fully saturated rings. The van der Waals surface area contributed by atoms with Gasteiger partial charge in [-0.15, -0.1) is 0 Å². The van der Waals surface area contributed by atoms with Gasteiger partial charge in [-0.05, 0) is 54.6 Å². The first-order valence-electron chi connectivity index (χ1n) is 10.0. The van der Waals surface area contributed by atoms with Crippen molar-refractivity contribution in [1.82, 2.24) is 5.32 Å². The molecule has 0 aromatic heterocycles. The fourth-order valence-electron chi connectivity index (χ4n) is 2.96. The van der Waals surface area contributed by atoms with E-state index in [1.54, 1.807) is 30.3 Å². The van der Waals surface area contributed by atoms with Crippen LogP contribution < -0.4 is 16.0 Å². The van der Waals surface area contributed by atoms with Crippen molar-refractivity contribution in [2.24, 2.45) is 0 Å². The molecule has 0 saturated carbocycles. The Morgan fingerprint density at radius 3 is 2.06 bits per heavy atom. The number of benzene rings is 3. The van der Waals surface area contributed by atoms with Crippen LogP contribution in [0.1, 0.15) is 32.7 Å². The van der Waals surface area contributed by atoms with Crippen molar-refractivity contribution in [3.63, 3.8) is 0 Å². The summed E-state index contributed by atoms with van der Waals surface area (Å²) >= 11 is 0. The van der Waals surface area contributed by atoms with Gasteiger partial charge in [0.05, 0.1) is 11.3 Å². The predicted octanol–water partition coefficient (Wildman–Crippen LogP) is 4.86. The van der Waals surface area contributed by atoms with Crippen molar-refractivity contribution in [2.75, 3.05) is 17.2 Å². The third kappa shape index (κ3) is 6.64. The summed E-state index contributed by atoms with van der Waals surface area (Å²) in [7, 11) is 0. The van der Waals surface area contributed by atoms with Gasteiger partial charge >= 0.3 is 6.18 Å². The fourth-order valence-corrected chi connectivity index (χ4v) is 2.96. The minimum atomic E-state index is -4.82. The van der Waals surface area contributed by atoms with E-state index in [1.165, 1.54) is 18.2 Å². The first kappa shape index (κ1) is 24.4. The zero-order chi connectivity index (χ0) is 24.7. The molecule has 0 aliphatic heterocycles. The van der Waals surface area contributed by atoms with E-state index in [0.717, 1.165) is 18.2 Å². The van der Waals surface area contributed by atoms with Crippen LogP contribution in [-0.4, -0.2) is 24.3 Å². The first-order valence-corrected chi connectivity index (χ1v) is 10.0. The van der Waals surface area contributed by atoms with Gasteiger partial charge in [0.1, 0.15) is 5.82 Å². The molecule has 0 unspecified atom stereocenters. The quantitative estimate of drug-likeness (QED) is 0.429. The maximum atomic E-state index is 13.6. The molecule has 0 saturated heterocycles. The topological polar surface area (TPSA) is 87.3 Å². The molecule has 0 heterocycles. The first-order chi connectivity index (χ1) is 16.1. The lowest BCUT2D eigenvalue weighted by Gasteiger charge is -2.16. The van der Waals surface area contributed by atoms with Gasteiger partial charge in [-0.1, -0.05) is 18.2 Å². The van der Waals surface area contributed by atoms with Crippen LogP contribution in [0.3, 0.4) is 0 Å². The molecule has 10 heteroatoms. The van der Waals surface area contributed by atoms with E-state index < -0.39 is 41.0 Å². The second-order valence-electron chi connectivity index (χ2n) is 7.14. The van der Waals surface area contributed by atoms with Gasteiger partial charge in [0.2, 0.25) is 5.91 Å². The molecule has 3 aromatic carbocycles. The zero-order valence-electron chi connectivity index (χ0n) is 17.6. The number of carbonyl (C=O) groups is 3. The standard InChI is InChI=1S/C24H19F4N3O3/c25-17-8-6-16(7-9-17)23(34)30-18-10-11-20(19(14-18)24(26,27)28)31-21(32)12-13-29-22(33)15-4-2-1-3-5-15/h1-11,14H,12-13H2,(H,29,33)(H,30,34)(H,31,32). The Morgan fingerprint density at radius 2 is 1.41 bits per heavy atom. The fraction of sp³-hybridized carbons (Fsp3) is 0.125. The van der Waals surface area contributed by atoms with E-state index in [1.807, 2.05) is 0 Å². The van der Waals surface area contributed by atoms with E-state index in [9.17, 15) is 31.9 Å². The number of anilines is 2. The number of alkyl halides is 3. The van der Waals surface area contributed by atoms with Gasteiger partial charge in [0.25, 0.3) is 11.8 Å². The molecular weight excluding hydrogens is 454 g/mol. The molecule has 0 radical (unpaired) electrons. The van der Waals surface area contributed by atoms with Crippen LogP contribution >= 0.6 is 0 Å². The molecule has 6 nitrogen and oxygen atoms in total. The summed E-state index contributed by atoms with van der Waals surface area (Å²) < 4.78 is 53.7. The molecule has 0 bridgehead atoms. The van der Waals surface area contributed by atoms with Crippen molar-refractivity contribution in [3.8, 4) is 0 Å². The molecule has 0 aliphatic rings. The molecule has 3 rings (SSSR count). The van der Waals surface area contributed by atoms with Crippen molar-refractivity contribution < 1.29 is 31.9 Å². The van der Waals surface area contributed by atoms with Crippen LogP contribution in [-0.2, 0) is 11.0 Å². The summed E-state index contributed by atoms with van der Waals surface area (Å²) in [6.45, 7) is -0.0767. The third-order valence-corrected chi connectivity index (χ3v) is 4.64. The number of hydrogen-bond acceptors (Lipinski definition) is 3. The average Bonchev–Trinajstić information content (AvgIpc) is 2.80. The van der Waals surface area contributed by atoms with Crippen LogP contribution in [0.15, 0.2) is 72.8 Å². The second kappa shape index (κ2) is 10.6. The van der Waals surface area contributed by atoms with Crippen molar-refractivity contribution in [2.45, 2.75) is 12.6 Å². The number of nitrogens with one attached hydrogen (secondary N) is 3. The monoisotopic (exact) mass is 473 g/mol. The maximum Gasteiger partial charge on any atom is 0.418 e. The highest BCUT2D eigenvalue weighted by Crippen LogP contribution is 2.36. The van der Waals surface area contributed by atoms with Gasteiger partial charge < -0.3 is 16.0 Å². The maximum absolute atomic E-state index is 13.6. The number of rotatable bonds is 7. The lowest BCUT2D eigenvalue weighted by Crippen LogP contribution is -2.28. The molecule has 3 aromatic rings. The lowest BCUT2D eigenvalue weighted by atomic mass is 10.1. The van der Waals surface area contributed by atoms with Crippen molar-refractivity contribution >= 4 is 29.1 Å². The Morgan fingerprint density at radius 1 is 0.765 bits per heavy atom. The van der Waals surface area contributed by atoms with Crippen LogP contribution in [0.4, 0.5) is 28.9 Å². The Hall–Kier alpha value is -4.21. The number of amides is 3. The minimum Gasteiger partial charge on any atom is -0.352 e. The molecule has 34 heavy (non-hydrogen) atoms. The minimum absolute atomic E-state index is 0.0601. The summed E-state index contributed by atoms with van der Waals surface area (Å²) in [5.41, 5.74) is -1.36. The van der Waals surface area contributed by atoms with Crippen molar-refractivity contribution in [3.05, 3.63) is 95.3 Å². The number of carbonyl (C=O) groups excluding carboxylic acids is 3. The second-order valence-corrected chi connectivity index (χ2v) is 7.14. The normalized spacial score (nSPS) is 10.9. The Balaban J connectivity index is 1.64. The average molecular weight is 473 g/mol. The highest BCUT2D eigenvalue weighted by Gasteiger charge is 2.34. The summed E-state index contributed by atoms with van der Waals surface area (Å²) in [5, 5.41) is 7.01. The summed E-state index contributed by atoms with van der Waals surface area (Å²) in [6.07, 6.45) is -5.07. The van der Waals surface area contributed by atoms with E-state index in [0.29, 0.717) is 11.6 Å². The molecule has 176 valence electrons. The molecular formula is C24H19F4N3O3. The Kier molecular flexibility index (Phi) is 7.62. The van der Waals surface area contributed by atoms with E-state index in [2.05, 4.69) is 16.0 Å². The highest BCUT2D eigenvalue weighted by atomic mass is 19.4. The SMILES string of the molecule is O=C(CCNC(=O)c1ccccc1)Nc1ccc(NC(=O)c2ccc(F)cc2)cc1C(F)(F)F. The number of hydrogen-bond donors (Lipinski definition) is 3. The molecule has 0 spiro atoms. The van der Waals surface area contributed by atoms with Gasteiger partial charge in [0, 0.05) is 29.8 Å². The predicted molar refractivity (Wildman–Crippen MR) is 118 cm³/mol. The van der Waals surface area contributed by atoms with Crippen LogP contribution in [0.2, 0.25) is 0 Å². The number of halogens is 4. The molecule has 3 N–H and O–H groups in total. The van der Waals surface area contributed by atoms with Gasteiger partial charge in [-0.25, -0.2) is 4.39 Å². The van der Waals surface area contributed by atoms with Crippen LogP contribution in [0, 0.1) is 5.82 Å².